The van der Waals surface area contributed by atoms with Crippen molar-refractivity contribution in [2.45, 2.75) is 0 Å². The molecule has 0 saturated carbocycles. The maximum atomic E-state index is 11.0. The van der Waals surface area contributed by atoms with E-state index in [0.29, 0.717) is 16.9 Å². The van der Waals surface area contributed by atoms with Crippen LogP contribution in [0.4, 0.5) is 5.69 Å². The Morgan fingerprint density at radius 1 is 1.25 bits per heavy atom. The summed E-state index contributed by atoms with van der Waals surface area (Å²) in [6.07, 6.45) is 0. The van der Waals surface area contributed by atoms with Crippen molar-refractivity contribution in [2.24, 2.45) is 0 Å². The first-order valence-corrected chi connectivity index (χ1v) is 5.69. The highest BCUT2D eigenvalue weighted by Crippen LogP contribution is 2.33. The maximum absolute atomic E-state index is 11.0. The standard InChI is InChI=1S/C14H11NO5/c1-20-13-6-5-11(15(18)19)8-12(13)9-3-2-4-10(7-9)14(16)17/h2-8H,1H3,(H,16,17). The van der Waals surface area contributed by atoms with E-state index in [1.807, 2.05) is 0 Å². The van der Waals surface area contributed by atoms with E-state index in [1.165, 1.54) is 37.4 Å². The van der Waals surface area contributed by atoms with E-state index in [0.717, 1.165) is 0 Å². The summed E-state index contributed by atoms with van der Waals surface area (Å²) < 4.78 is 5.16. The molecule has 0 bridgehead atoms. The zero-order valence-electron chi connectivity index (χ0n) is 10.6. The van der Waals surface area contributed by atoms with E-state index in [1.54, 1.807) is 12.1 Å². The number of nitro groups is 1. The number of benzene rings is 2. The van der Waals surface area contributed by atoms with Gasteiger partial charge in [0.25, 0.3) is 5.69 Å². The minimum Gasteiger partial charge on any atom is -0.496 e. The van der Waals surface area contributed by atoms with Crippen LogP contribution in [0.5, 0.6) is 5.75 Å². The average molecular weight is 273 g/mol. The van der Waals surface area contributed by atoms with Crippen molar-refractivity contribution in [2.75, 3.05) is 7.11 Å². The number of methoxy groups -OCH3 is 1. The summed E-state index contributed by atoms with van der Waals surface area (Å²) >= 11 is 0. The molecule has 0 saturated heterocycles. The van der Waals surface area contributed by atoms with Gasteiger partial charge in [-0.15, -0.1) is 0 Å². The maximum Gasteiger partial charge on any atom is 0.335 e. The Labute approximate surface area is 114 Å². The smallest absolute Gasteiger partial charge is 0.335 e. The minimum absolute atomic E-state index is 0.0819. The van der Waals surface area contributed by atoms with Crippen LogP contribution in [0.15, 0.2) is 42.5 Å². The fraction of sp³-hybridized carbons (Fsp3) is 0.0714. The first-order valence-electron chi connectivity index (χ1n) is 5.69. The van der Waals surface area contributed by atoms with Crippen LogP contribution in [0.1, 0.15) is 10.4 Å². The Kier molecular flexibility index (Phi) is 3.65. The van der Waals surface area contributed by atoms with Crippen LogP contribution in [0.3, 0.4) is 0 Å². The third kappa shape index (κ3) is 2.59. The van der Waals surface area contributed by atoms with Crippen molar-refractivity contribution in [3.8, 4) is 16.9 Å². The molecule has 0 aromatic heterocycles. The topological polar surface area (TPSA) is 89.7 Å². The van der Waals surface area contributed by atoms with Gasteiger partial charge in [0.05, 0.1) is 17.6 Å². The lowest BCUT2D eigenvalue weighted by atomic mass is 10.0. The van der Waals surface area contributed by atoms with Crippen LogP contribution in [-0.4, -0.2) is 23.1 Å². The second kappa shape index (κ2) is 5.40. The van der Waals surface area contributed by atoms with Crippen molar-refractivity contribution in [1.82, 2.24) is 0 Å². The summed E-state index contributed by atoms with van der Waals surface area (Å²) in [5.41, 5.74) is 1.05. The number of carbonyl (C=O) groups is 1. The second-order valence-electron chi connectivity index (χ2n) is 4.03. The first-order chi connectivity index (χ1) is 9.52. The van der Waals surface area contributed by atoms with Crippen molar-refractivity contribution in [3.63, 3.8) is 0 Å². The molecule has 0 amide bonds. The van der Waals surface area contributed by atoms with E-state index in [2.05, 4.69) is 0 Å². The normalized spacial score (nSPS) is 10.1. The lowest BCUT2D eigenvalue weighted by Gasteiger charge is -2.09. The van der Waals surface area contributed by atoms with Gasteiger partial charge < -0.3 is 9.84 Å². The van der Waals surface area contributed by atoms with Crippen LogP contribution >= 0.6 is 0 Å². The molecule has 2 aromatic rings. The highest BCUT2D eigenvalue weighted by Gasteiger charge is 2.14. The first kappa shape index (κ1) is 13.5. The number of hydrogen-bond acceptors (Lipinski definition) is 4. The third-order valence-electron chi connectivity index (χ3n) is 2.81. The second-order valence-corrected chi connectivity index (χ2v) is 4.03. The molecular formula is C14H11NO5. The van der Waals surface area contributed by atoms with Gasteiger partial charge in [0.15, 0.2) is 0 Å². The van der Waals surface area contributed by atoms with Crippen molar-refractivity contribution >= 4 is 11.7 Å². The zero-order valence-corrected chi connectivity index (χ0v) is 10.6. The number of carboxylic acids is 1. The van der Waals surface area contributed by atoms with Gasteiger partial charge in [-0.25, -0.2) is 4.79 Å². The van der Waals surface area contributed by atoms with Crippen LogP contribution < -0.4 is 4.74 Å². The number of rotatable bonds is 4. The third-order valence-corrected chi connectivity index (χ3v) is 2.81. The van der Waals surface area contributed by atoms with Gasteiger partial charge in [0.2, 0.25) is 0 Å². The predicted octanol–water partition coefficient (Wildman–Crippen LogP) is 2.97. The number of ether oxygens (including phenoxy) is 1. The Bertz CT molecular complexity index is 681. The number of carboxylic acid groups (broad SMARTS) is 1. The average Bonchev–Trinajstić information content (AvgIpc) is 2.46. The van der Waals surface area contributed by atoms with Gasteiger partial charge >= 0.3 is 5.97 Å². The summed E-state index contributed by atoms with van der Waals surface area (Å²) in [7, 11) is 1.45. The highest BCUT2D eigenvalue weighted by atomic mass is 16.6. The Morgan fingerprint density at radius 2 is 2.00 bits per heavy atom. The summed E-state index contributed by atoms with van der Waals surface area (Å²) in [6.45, 7) is 0. The number of non-ortho nitro benzene ring substituents is 1. The number of hydrogen-bond donors (Lipinski definition) is 1. The summed E-state index contributed by atoms with van der Waals surface area (Å²) in [5.74, 6) is -0.616. The molecule has 0 radical (unpaired) electrons. The number of nitro benzene ring substituents is 1. The molecule has 1 N–H and O–H groups in total. The molecule has 20 heavy (non-hydrogen) atoms. The van der Waals surface area contributed by atoms with Crippen LogP contribution in [0.25, 0.3) is 11.1 Å². The molecular weight excluding hydrogens is 262 g/mol. The molecule has 102 valence electrons. The van der Waals surface area contributed by atoms with Gasteiger partial charge in [-0.2, -0.15) is 0 Å². The molecule has 0 unspecified atom stereocenters. The molecule has 0 spiro atoms. The monoisotopic (exact) mass is 273 g/mol. The minimum atomic E-state index is -1.06. The van der Waals surface area contributed by atoms with Gasteiger partial charge in [-0.05, 0) is 23.8 Å². The van der Waals surface area contributed by atoms with E-state index in [9.17, 15) is 14.9 Å². The lowest BCUT2D eigenvalue weighted by molar-refractivity contribution is -0.384. The van der Waals surface area contributed by atoms with E-state index >= 15 is 0 Å². The quantitative estimate of drug-likeness (QED) is 0.683. The molecule has 2 aromatic carbocycles. The van der Waals surface area contributed by atoms with Gasteiger partial charge in [0, 0.05) is 17.7 Å². The highest BCUT2D eigenvalue weighted by molar-refractivity contribution is 5.90. The Hall–Kier alpha value is -2.89. The fourth-order valence-electron chi connectivity index (χ4n) is 1.85. The molecule has 0 fully saturated rings. The lowest BCUT2D eigenvalue weighted by Crippen LogP contribution is -1.97. The number of nitrogens with zero attached hydrogens (tertiary/aromatic N) is 1. The largest absolute Gasteiger partial charge is 0.496 e. The molecule has 0 atom stereocenters. The van der Waals surface area contributed by atoms with E-state index < -0.39 is 10.9 Å². The van der Waals surface area contributed by atoms with Gasteiger partial charge in [0.1, 0.15) is 5.75 Å². The van der Waals surface area contributed by atoms with Crippen LogP contribution in [0, 0.1) is 10.1 Å². The fourth-order valence-corrected chi connectivity index (χ4v) is 1.85. The summed E-state index contributed by atoms with van der Waals surface area (Å²) in [4.78, 5) is 21.3. The Morgan fingerprint density at radius 3 is 2.60 bits per heavy atom. The summed E-state index contributed by atoms with van der Waals surface area (Å²) in [6, 6.07) is 10.3. The van der Waals surface area contributed by atoms with Crippen LogP contribution in [-0.2, 0) is 0 Å². The molecule has 0 heterocycles. The molecule has 2 rings (SSSR count). The molecule has 6 heteroatoms. The van der Waals surface area contributed by atoms with E-state index in [4.69, 9.17) is 9.84 Å². The molecule has 0 aliphatic rings. The molecule has 0 aliphatic carbocycles. The van der Waals surface area contributed by atoms with Gasteiger partial charge in [-0.1, -0.05) is 12.1 Å². The van der Waals surface area contributed by atoms with Crippen molar-refractivity contribution in [1.29, 1.82) is 0 Å². The zero-order chi connectivity index (χ0) is 14.7. The van der Waals surface area contributed by atoms with Crippen molar-refractivity contribution in [3.05, 3.63) is 58.1 Å². The van der Waals surface area contributed by atoms with Crippen LogP contribution in [0.2, 0.25) is 0 Å². The number of aromatic carboxylic acids is 1. The van der Waals surface area contributed by atoms with E-state index in [-0.39, 0.29) is 11.3 Å². The molecule has 6 nitrogen and oxygen atoms in total. The van der Waals surface area contributed by atoms with Crippen molar-refractivity contribution < 1.29 is 19.6 Å². The SMILES string of the molecule is COc1ccc([N+](=O)[O-])cc1-c1cccc(C(=O)O)c1. The summed E-state index contributed by atoms with van der Waals surface area (Å²) in [5, 5.41) is 19.8. The molecule has 0 aliphatic heterocycles. The van der Waals surface area contributed by atoms with Gasteiger partial charge in [-0.3, -0.25) is 10.1 Å². The Balaban J connectivity index is 2.60. The predicted molar refractivity (Wildman–Crippen MR) is 72.0 cm³/mol.